The third-order valence-electron chi connectivity index (χ3n) is 5.11. The fourth-order valence-electron chi connectivity index (χ4n) is 3.61. The molecule has 28 heavy (non-hydrogen) atoms. The van der Waals surface area contributed by atoms with Gasteiger partial charge in [0.05, 0.1) is 29.8 Å². The molecule has 1 fully saturated rings. The van der Waals surface area contributed by atoms with Gasteiger partial charge in [0.15, 0.2) is 11.3 Å². The maximum Gasteiger partial charge on any atom is 0.416 e. The van der Waals surface area contributed by atoms with E-state index in [1.807, 2.05) is 11.5 Å². The molecule has 150 valence electrons. The first kappa shape index (κ1) is 18.9. The number of morpholine rings is 1. The Morgan fingerprint density at radius 2 is 1.89 bits per heavy atom. The lowest BCUT2D eigenvalue weighted by Gasteiger charge is -2.25. The normalized spacial score (nSPS) is 15.6. The number of amides is 1. The Morgan fingerprint density at radius 1 is 1.14 bits per heavy atom. The van der Waals surface area contributed by atoms with Crippen LogP contribution < -0.4 is 0 Å². The third-order valence-corrected chi connectivity index (χ3v) is 5.11. The van der Waals surface area contributed by atoms with Crippen LogP contribution in [0.1, 0.15) is 35.9 Å². The van der Waals surface area contributed by atoms with Crippen LogP contribution in [0.3, 0.4) is 0 Å². The number of aromatic nitrogens is 1. The van der Waals surface area contributed by atoms with Crippen LogP contribution in [0.25, 0.3) is 22.0 Å². The van der Waals surface area contributed by atoms with E-state index in [1.165, 1.54) is 6.07 Å². The number of furan rings is 1. The van der Waals surface area contributed by atoms with Gasteiger partial charge in [-0.15, -0.1) is 0 Å². The second kappa shape index (κ2) is 7.16. The summed E-state index contributed by atoms with van der Waals surface area (Å²) >= 11 is 0. The molecular formula is C20H21F3N2O3. The van der Waals surface area contributed by atoms with Gasteiger partial charge in [-0.2, -0.15) is 13.2 Å². The number of fused-ring (bicyclic) bond motifs is 3. The predicted molar refractivity (Wildman–Crippen MR) is 98.3 cm³/mol. The van der Waals surface area contributed by atoms with Crippen LogP contribution in [0.2, 0.25) is 0 Å². The molecule has 1 aliphatic heterocycles. The number of aryl methyl sites for hydroxylation is 1. The predicted octanol–water partition coefficient (Wildman–Crippen LogP) is 4.68. The first-order valence-electron chi connectivity index (χ1n) is 9.40. The molecule has 3 aromatic rings. The number of carbonyl (C=O) groups excluding carboxylic acids is 1. The average Bonchev–Trinajstić information content (AvgIpc) is 3.23. The average molecular weight is 394 g/mol. The van der Waals surface area contributed by atoms with Crippen LogP contribution in [-0.4, -0.2) is 41.7 Å². The van der Waals surface area contributed by atoms with Gasteiger partial charge in [-0.05, 0) is 24.6 Å². The molecule has 0 atom stereocenters. The standard InChI is InChI=1S/C20H21F3N2O3/c1-2-3-6-25-15-11-13(20(21,22)23)4-5-14(15)18-16(25)12-17(28-18)19(26)24-7-9-27-10-8-24/h4-5,11-12H,2-3,6-10H2,1H3. The summed E-state index contributed by atoms with van der Waals surface area (Å²) < 4.78 is 52.4. The Morgan fingerprint density at radius 3 is 2.57 bits per heavy atom. The Labute approximate surface area is 159 Å². The van der Waals surface area contributed by atoms with Gasteiger partial charge in [0, 0.05) is 31.1 Å². The highest BCUT2D eigenvalue weighted by molar-refractivity contribution is 6.07. The Bertz CT molecular complexity index is 1010. The second-order valence-electron chi connectivity index (χ2n) is 6.96. The molecule has 3 heterocycles. The molecule has 1 saturated heterocycles. The number of hydrogen-bond acceptors (Lipinski definition) is 3. The quantitative estimate of drug-likeness (QED) is 0.646. The Balaban J connectivity index is 1.82. The van der Waals surface area contributed by atoms with E-state index < -0.39 is 11.7 Å². The second-order valence-corrected chi connectivity index (χ2v) is 6.96. The van der Waals surface area contributed by atoms with Crippen molar-refractivity contribution in [3.8, 4) is 0 Å². The van der Waals surface area contributed by atoms with E-state index in [9.17, 15) is 18.0 Å². The Kier molecular flexibility index (Phi) is 4.82. The molecule has 8 heteroatoms. The van der Waals surface area contributed by atoms with Crippen molar-refractivity contribution in [3.05, 3.63) is 35.6 Å². The zero-order valence-corrected chi connectivity index (χ0v) is 15.5. The van der Waals surface area contributed by atoms with Gasteiger partial charge in [0.1, 0.15) is 0 Å². The fraction of sp³-hybridized carbons (Fsp3) is 0.450. The summed E-state index contributed by atoms with van der Waals surface area (Å²) in [6, 6.07) is 5.29. The molecule has 4 rings (SSSR count). The van der Waals surface area contributed by atoms with Crippen molar-refractivity contribution in [2.45, 2.75) is 32.5 Å². The maximum atomic E-state index is 13.2. The first-order chi connectivity index (χ1) is 13.4. The van der Waals surface area contributed by atoms with E-state index in [4.69, 9.17) is 9.15 Å². The minimum atomic E-state index is -4.41. The van der Waals surface area contributed by atoms with Gasteiger partial charge in [-0.3, -0.25) is 4.79 Å². The van der Waals surface area contributed by atoms with E-state index in [-0.39, 0.29) is 11.7 Å². The molecular weight excluding hydrogens is 373 g/mol. The van der Waals surface area contributed by atoms with Gasteiger partial charge < -0.3 is 18.6 Å². The summed E-state index contributed by atoms with van der Waals surface area (Å²) in [6.07, 6.45) is -2.70. The molecule has 0 N–H and O–H groups in total. The number of hydrogen-bond donors (Lipinski definition) is 0. The Hall–Kier alpha value is -2.48. The molecule has 2 aromatic heterocycles. The number of rotatable bonds is 4. The first-order valence-corrected chi connectivity index (χ1v) is 9.40. The molecule has 0 spiro atoms. The number of halogens is 3. The van der Waals surface area contributed by atoms with E-state index in [0.29, 0.717) is 54.9 Å². The van der Waals surface area contributed by atoms with E-state index in [2.05, 4.69) is 0 Å². The summed E-state index contributed by atoms with van der Waals surface area (Å²) in [5.74, 6) is -0.0134. The molecule has 0 aliphatic carbocycles. The highest BCUT2D eigenvalue weighted by Crippen LogP contribution is 2.37. The number of nitrogens with zero attached hydrogens (tertiary/aromatic N) is 2. The van der Waals surface area contributed by atoms with E-state index in [0.717, 1.165) is 25.0 Å². The molecule has 0 bridgehead atoms. The molecule has 1 aliphatic rings. The van der Waals surface area contributed by atoms with Gasteiger partial charge in [-0.1, -0.05) is 13.3 Å². The van der Waals surface area contributed by atoms with Gasteiger partial charge >= 0.3 is 6.18 Å². The van der Waals surface area contributed by atoms with Gasteiger partial charge in [-0.25, -0.2) is 0 Å². The molecule has 0 saturated carbocycles. The largest absolute Gasteiger partial charge is 0.449 e. The summed E-state index contributed by atoms with van der Waals surface area (Å²) in [5.41, 5.74) is 0.890. The minimum Gasteiger partial charge on any atom is -0.449 e. The molecule has 5 nitrogen and oxygen atoms in total. The van der Waals surface area contributed by atoms with Crippen LogP contribution in [0.4, 0.5) is 13.2 Å². The lowest BCUT2D eigenvalue weighted by molar-refractivity contribution is -0.137. The highest BCUT2D eigenvalue weighted by atomic mass is 19.4. The summed E-state index contributed by atoms with van der Waals surface area (Å²) in [6.45, 7) is 4.54. The number of benzene rings is 1. The molecule has 0 radical (unpaired) electrons. The molecule has 1 aromatic carbocycles. The van der Waals surface area contributed by atoms with Crippen LogP contribution in [0, 0.1) is 0 Å². The zero-order chi connectivity index (χ0) is 19.9. The fourth-order valence-corrected chi connectivity index (χ4v) is 3.61. The third kappa shape index (κ3) is 3.26. The van der Waals surface area contributed by atoms with E-state index in [1.54, 1.807) is 11.0 Å². The zero-order valence-electron chi connectivity index (χ0n) is 15.5. The number of alkyl halides is 3. The van der Waals surface area contributed by atoms with Crippen LogP contribution >= 0.6 is 0 Å². The topological polar surface area (TPSA) is 47.6 Å². The number of ether oxygens (including phenoxy) is 1. The van der Waals surface area contributed by atoms with Gasteiger partial charge in [0.2, 0.25) is 0 Å². The van der Waals surface area contributed by atoms with Crippen LogP contribution in [0.5, 0.6) is 0 Å². The lowest BCUT2D eigenvalue weighted by Crippen LogP contribution is -2.40. The summed E-state index contributed by atoms with van der Waals surface area (Å²) in [7, 11) is 0. The van der Waals surface area contributed by atoms with Crippen LogP contribution in [-0.2, 0) is 17.5 Å². The molecule has 1 amide bonds. The summed E-state index contributed by atoms with van der Waals surface area (Å²) in [4.78, 5) is 14.4. The van der Waals surface area contributed by atoms with Crippen molar-refractivity contribution in [1.82, 2.24) is 9.47 Å². The number of carbonyl (C=O) groups is 1. The van der Waals surface area contributed by atoms with E-state index >= 15 is 0 Å². The van der Waals surface area contributed by atoms with Crippen molar-refractivity contribution in [1.29, 1.82) is 0 Å². The lowest BCUT2D eigenvalue weighted by atomic mass is 10.1. The highest BCUT2D eigenvalue weighted by Gasteiger charge is 2.32. The van der Waals surface area contributed by atoms with Crippen molar-refractivity contribution in [3.63, 3.8) is 0 Å². The van der Waals surface area contributed by atoms with Crippen LogP contribution in [0.15, 0.2) is 28.7 Å². The smallest absolute Gasteiger partial charge is 0.416 e. The minimum absolute atomic E-state index is 0.207. The molecule has 0 unspecified atom stereocenters. The number of unbranched alkanes of at least 4 members (excludes halogenated alkanes) is 1. The van der Waals surface area contributed by atoms with Crippen molar-refractivity contribution in [2.24, 2.45) is 0 Å². The van der Waals surface area contributed by atoms with Gasteiger partial charge in [0.25, 0.3) is 5.91 Å². The van der Waals surface area contributed by atoms with Crippen molar-refractivity contribution in [2.75, 3.05) is 26.3 Å². The SMILES string of the molecule is CCCCn1c2cc(C(F)(F)F)ccc2c2oc(C(=O)N3CCOCC3)cc21. The summed E-state index contributed by atoms with van der Waals surface area (Å²) in [5, 5.41) is 0.583. The van der Waals surface area contributed by atoms with Crippen molar-refractivity contribution >= 4 is 27.9 Å². The van der Waals surface area contributed by atoms with Crippen molar-refractivity contribution < 1.29 is 27.1 Å². The maximum absolute atomic E-state index is 13.2. The monoisotopic (exact) mass is 394 g/mol.